The largest absolute Gasteiger partial charge is 0.438 e. The number of aryl methyl sites for hydroxylation is 2. The molecule has 172 valence electrons. The molecule has 0 amide bonds. The first-order chi connectivity index (χ1) is 17.7. The van der Waals surface area contributed by atoms with Gasteiger partial charge >= 0.3 is 0 Å². The predicted molar refractivity (Wildman–Crippen MR) is 144 cm³/mol. The van der Waals surface area contributed by atoms with E-state index in [4.69, 9.17) is 9.40 Å². The van der Waals surface area contributed by atoms with E-state index in [1.54, 1.807) is 6.20 Å². The smallest absolute Gasteiger partial charge is 0.227 e. The Morgan fingerprint density at radius 1 is 0.750 bits per heavy atom. The predicted octanol–water partition coefficient (Wildman–Crippen LogP) is 7.67. The molecule has 0 N–H and O–H groups in total. The van der Waals surface area contributed by atoms with Crippen molar-refractivity contribution in [2.45, 2.75) is 13.8 Å². The highest BCUT2D eigenvalue weighted by atomic mass is 16.3. The number of nitrogens with zero attached hydrogens (tertiary/aromatic N) is 4. The van der Waals surface area contributed by atoms with Crippen LogP contribution in [-0.2, 0) is 0 Å². The number of hydrogen-bond acceptors (Lipinski definition) is 4. The molecule has 36 heavy (non-hydrogen) atoms. The van der Waals surface area contributed by atoms with Gasteiger partial charge in [0.1, 0.15) is 16.9 Å². The van der Waals surface area contributed by atoms with Crippen LogP contribution < -0.4 is 0 Å². The molecule has 0 unspecified atom stereocenters. The van der Waals surface area contributed by atoms with Crippen molar-refractivity contribution in [2.24, 2.45) is 0 Å². The molecule has 3 aromatic carbocycles. The van der Waals surface area contributed by atoms with Crippen LogP contribution in [0.5, 0.6) is 0 Å². The van der Waals surface area contributed by atoms with Crippen molar-refractivity contribution < 1.29 is 4.42 Å². The summed E-state index contributed by atoms with van der Waals surface area (Å²) < 4.78 is 8.42. The van der Waals surface area contributed by atoms with E-state index in [1.807, 2.05) is 31.3 Å². The maximum absolute atomic E-state index is 6.17. The highest BCUT2D eigenvalue weighted by molar-refractivity contribution is 6.06. The Bertz CT molecular complexity index is 1910. The van der Waals surface area contributed by atoms with Crippen molar-refractivity contribution in [1.82, 2.24) is 19.5 Å². The van der Waals surface area contributed by atoms with Gasteiger partial charge < -0.3 is 4.42 Å². The number of imidazole rings is 1. The van der Waals surface area contributed by atoms with Crippen molar-refractivity contribution in [2.75, 3.05) is 0 Å². The van der Waals surface area contributed by atoms with E-state index in [-0.39, 0.29) is 0 Å². The van der Waals surface area contributed by atoms with Crippen LogP contribution in [0.2, 0.25) is 0 Å². The molecule has 0 atom stereocenters. The summed E-state index contributed by atoms with van der Waals surface area (Å²) in [5.74, 6) is 0.850. The van der Waals surface area contributed by atoms with Gasteiger partial charge in [-0.1, -0.05) is 48.5 Å². The second kappa shape index (κ2) is 7.89. The van der Waals surface area contributed by atoms with Crippen molar-refractivity contribution in [1.29, 1.82) is 0 Å². The summed E-state index contributed by atoms with van der Waals surface area (Å²) in [6.07, 6.45) is 3.61. The molecule has 0 saturated heterocycles. The lowest BCUT2D eigenvalue weighted by Gasteiger charge is -2.15. The van der Waals surface area contributed by atoms with Crippen LogP contribution in [0.25, 0.3) is 61.3 Å². The number of para-hydroxylation sites is 1. The highest BCUT2D eigenvalue weighted by Crippen LogP contribution is 2.38. The monoisotopic (exact) mass is 466 g/mol. The average Bonchev–Trinajstić information content (AvgIpc) is 3.49. The molecule has 0 saturated carbocycles. The van der Waals surface area contributed by atoms with Crippen LogP contribution >= 0.6 is 0 Å². The molecular formula is C31H22N4O. The van der Waals surface area contributed by atoms with E-state index in [0.29, 0.717) is 5.71 Å². The molecule has 0 aliphatic rings. The SMILES string of the molecule is Cc1nccc2c1nc(-c1cc(C)c3c(c1)oc1ncccc13)n2-c1ccccc1-c1ccccc1. The molecule has 5 heteroatoms. The van der Waals surface area contributed by atoms with Crippen LogP contribution in [0.3, 0.4) is 0 Å². The minimum Gasteiger partial charge on any atom is -0.438 e. The maximum atomic E-state index is 6.17. The van der Waals surface area contributed by atoms with Gasteiger partial charge in [0.2, 0.25) is 5.71 Å². The first-order valence-corrected chi connectivity index (χ1v) is 12.0. The average molecular weight is 467 g/mol. The zero-order chi connectivity index (χ0) is 24.2. The number of fused-ring (bicyclic) bond motifs is 4. The summed E-state index contributed by atoms with van der Waals surface area (Å²) in [7, 11) is 0. The summed E-state index contributed by atoms with van der Waals surface area (Å²) in [5, 5.41) is 2.12. The molecule has 7 aromatic rings. The maximum Gasteiger partial charge on any atom is 0.227 e. The zero-order valence-corrected chi connectivity index (χ0v) is 19.9. The lowest BCUT2D eigenvalue weighted by molar-refractivity contribution is 0.654. The second-order valence-corrected chi connectivity index (χ2v) is 9.04. The Kier molecular flexibility index (Phi) is 4.51. The number of furan rings is 1. The molecule has 0 fully saturated rings. The van der Waals surface area contributed by atoms with Gasteiger partial charge in [-0.05, 0) is 61.4 Å². The van der Waals surface area contributed by atoms with Crippen LogP contribution in [0.15, 0.2) is 102 Å². The lowest BCUT2D eigenvalue weighted by Crippen LogP contribution is -2.00. The first-order valence-electron chi connectivity index (χ1n) is 12.0. The van der Waals surface area contributed by atoms with Gasteiger partial charge in [-0.3, -0.25) is 9.55 Å². The summed E-state index contributed by atoms with van der Waals surface area (Å²) in [6.45, 7) is 4.12. The number of hydrogen-bond donors (Lipinski definition) is 0. The third kappa shape index (κ3) is 3.06. The summed E-state index contributed by atoms with van der Waals surface area (Å²) >= 11 is 0. The number of pyridine rings is 2. The molecule has 7 rings (SSSR count). The highest BCUT2D eigenvalue weighted by Gasteiger charge is 2.21. The number of rotatable bonds is 3. The molecule has 0 aliphatic heterocycles. The van der Waals surface area contributed by atoms with Crippen molar-refractivity contribution >= 4 is 33.1 Å². The molecule has 5 nitrogen and oxygen atoms in total. The zero-order valence-electron chi connectivity index (χ0n) is 19.9. The Hall–Kier alpha value is -4.77. The molecule has 0 spiro atoms. The fraction of sp³-hybridized carbons (Fsp3) is 0.0645. The second-order valence-electron chi connectivity index (χ2n) is 9.04. The quantitative estimate of drug-likeness (QED) is 0.268. The van der Waals surface area contributed by atoms with Crippen molar-refractivity contribution in [3.8, 4) is 28.2 Å². The van der Waals surface area contributed by atoms with Crippen LogP contribution in [0.1, 0.15) is 11.3 Å². The van der Waals surface area contributed by atoms with Crippen LogP contribution in [-0.4, -0.2) is 19.5 Å². The summed E-state index contributed by atoms with van der Waals surface area (Å²) in [5.41, 5.74) is 9.73. The Morgan fingerprint density at radius 2 is 1.58 bits per heavy atom. The molecule has 0 bridgehead atoms. The molecular weight excluding hydrogens is 444 g/mol. The van der Waals surface area contributed by atoms with Crippen molar-refractivity contribution in [3.63, 3.8) is 0 Å². The van der Waals surface area contributed by atoms with E-state index in [0.717, 1.165) is 66.8 Å². The molecule has 0 aliphatic carbocycles. The Labute approximate surface area is 207 Å². The van der Waals surface area contributed by atoms with Crippen LogP contribution in [0, 0.1) is 13.8 Å². The van der Waals surface area contributed by atoms with Crippen molar-refractivity contribution in [3.05, 3.63) is 109 Å². The van der Waals surface area contributed by atoms with E-state index < -0.39 is 0 Å². The molecule has 4 heterocycles. The standard InChI is InChI=1S/C31H22N4O/c1-19-17-22(18-27-28(19)24-12-8-15-33-31(24)36-27)30-34-29-20(2)32-16-14-26(29)35(30)25-13-7-6-11-23(25)21-9-4-3-5-10-21/h3-18H,1-2H3. The fourth-order valence-electron chi connectivity index (χ4n) is 5.18. The van der Waals surface area contributed by atoms with Gasteiger partial charge in [0, 0.05) is 34.3 Å². The first kappa shape index (κ1) is 20.6. The lowest BCUT2D eigenvalue weighted by atomic mass is 10.0. The Morgan fingerprint density at radius 3 is 2.47 bits per heavy atom. The summed E-state index contributed by atoms with van der Waals surface area (Å²) in [6, 6.07) is 29.2. The van der Waals surface area contributed by atoms with Gasteiger partial charge in [0.05, 0.1) is 16.9 Å². The number of aromatic nitrogens is 4. The van der Waals surface area contributed by atoms with Gasteiger partial charge in [0.25, 0.3) is 0 Å². The molecule has 0 radical (unpaired) electrons. The van der Waals surface area contributed by atoms with E-state index in [2.05, 4.69) is 88.2 Å². The summed E-state index contributed by atoms with van der Waals surface area (Å²) in [4.78, 5) is 14.1. The Balaban J connectivity index is 1.56. The number of benzene rings is 3. The normalized spacial score (nSPS) is 11.6. The fourth-order valence-corrected chi connectivity index (χ4v) is 5.18. The van der Waals surface area contributed by atoms with Gasteiger partial charge in [-0.2, -0.15) is 0 Å². The molecule has 4 aromatic heterocycles. The van der Waals surface area contributed by atoms with E-state index in [9.17, 15) is 0 Å². The third-order valence-electron chi connectivity index (χ3n) is 6.79. The minimum absolute atomic E-state index is 0.649. The van der Waals surface area contributed by atoms with Crippen LogP contribution in [0.4, 0.5) is 0 Å². The van der Waals surface area contributed by atoms with Gasteiger partial charge in [0.15, 0.2) is 0 Å². The minimum atomic E-state index is 0.649. The van der Waals surface area contributed by atoms with E-state index in [1.165, 1.54) is 0 Å². The third-order valence-corrected chi connectivity index (χ3v) is 6.79. The van der Waals surface area contributed by atoms with Gasteiger partial charge in [-0.25, -0.2) is 9.97 Å². The topological polar surface area (TPSA) is 56.7 Å². The van der Waals surface area contributed by atoms with Gasteiger partial charge in [-0.15, -0.1) is 0 Å². The van der Waals surface area contributed by atoms with E-state index >= 15 is 0 Å².